The van der Waals surface area contributed by atoms with Gasteiger partial charge in [-0.3, -0.25) is 0 Å². The van der Waals surface area contributed by atoms with Gasteiger partial charge in [-0.2, -0.15) is 4.39 Å². The van der Waals surface area contributed by atoms with Gasteiger partial charge >= 0.3 is 0 Å². The molecule has 7 heavy (non-hydrogen) atoms. The normalized spacial score (nSPS) is 9.43. The van der Waals surface area contributed by atoms with Crippen molar-refractivity contribution >= 4 is 27.3 Å². The summed E-state index contributed by atoms with van der Waals surface area (Å²) < 4.78 is 12.7. The molecule has 0 spiro atoms. The number of hydrogen-bond donors (Lipinski definition) is 0. The van der Waals surface area contributed by atoms with Gasteiger partial charge in [0.15, 0.2) is 5.13 Å². The fourth-order valence-electron chi connectivity index (χ4n) is 0.289. The first-order valence-corrected chi connectivity index (χ1v) is 3.36. The minimum atomic E-state index is -0.146. The molecule has 0 aromatic carbocycles. The van der Waals surface area contributed by atoms with Gasteiger partial charge in [0.05, 0.1) is 0 Å². The van der Waals surface area contributed by atoms with Gasteiger partial charge in [0.2, 0.25) is 0 Å². The van der Waals surface area contributed by atoms with Crippen molar-refractivity contribution in [1.82, 2.24) is 0 Å². The minimum absolute atomic E-state index is 0.146. The molecule has 0 nitrogen and oxygen atoms in total. The summed E-state index contributed by atoms with van der Waals surface area (Å²) in [5.41, 5.74) is 0. The Labute approximate surface area is 53.1 Å². The number of thiophene rings is 1. The van der Waals surface area contributed by atoms with Crippen LogP contribution in [0.5, 0.6) is 0 Å². The number of hydrogen-bond acceptors (Lipinski definition) is 1. The highest BCUT2D eigenvalue weighted by atomic mass is 79.9. The molecule has 0 amide bonds. The van der Waals surface area contributed by atoms with Crippen LogP contribution in [0.25, 0.3) is 0 Å². The fraction of sp³-hybridized carbons (Fsp3) is 0. The Morgan fingerprint density at radius 1 is 1.71 bits per heavy atom. The van der Waals surface area contributed by atoms with Crippen LogP contribution in [0.2, 0.25) is 0 Å². The third-order valence-electron chi connectivity index (χ3n) is 0.535. The Hall–Kier alpha value is 0.110. The molecular weight excluding hydrogens is 179 g/mol. The zero-order valence-electron chi connectivity index (χ0n) is 3.32. The van der Waals surface area contributed by atoms with E-state index in [1.165, 1.54) is 6.07 Å². The maximum absolute atomic E-state index is 11.9. The van der Waals surface area contributed by atoms with Crippen LogP contribution in [-0.2, 0) is 0 Å². The quantitative estimate of drug-likeness (QED) is 0.577. The predicted octanol–water partition coefficient (Wildman–Crippen LogP) is 2.65. The topological polar surface area (TPSA) is 0 Å². The first kappa shape index (κ1) is 5.25. The van der Waals surface area contributed by atoms with Crippen LogP contribution < -0.4 is 0 Å². The maximum atomic E-state index is 11.9. The number of halogens is 2. The monoisotopic (exact) mass is 180 g/mol. The lowest BCUT2D eigenvalue weighted by atomic mass is 10.7. The highest BCUT2D eigenvalue weighted by molar-refractivity contribution is 9.10. The fourth-order valence-corrected chi connectivity index (χ4v) is 1.41. The van der Waals surface area contributed by atoms with Gasteiger partial charge in [-0.1, -0.05) is 0 Å². The van der Waals surface area contributed by atoms with E-state index in [2.05, 4.69) is 15.9 Å². The molecule has 0 atom stereocenters. The van der Waals surface area contributed by atoms with Crippen LogP contribution in [0.1, 0.15) is 0 Å². The molecule has 0 aliphatic carbocycles. The van der Waals surface area contributed by atoms with Gasteiger partial charge in [0.25, 0.3) is 0 Å². The average Bonchev–Trinajstić information content (AvgIpc) is 1.87. The highest BCUT2D eigenvalue weighted by Crippen LogP contribution is 2.16. The van der Waals surface area contributed by atoms with Crippen LogP contribution in [0.15, 0.2) is 15.9 Å². The Kier molecular flexibility index (Phi) is 1.44. The highest BCUT2D eigenvalue weighted by Gasteiger charge is 1.90. The molecule has 3 heteroatoms. The zero-order valence-corrected chi connectivity index (χ0v) is 5.72. The average molecular weight is 181 g/mol. The summed E-state index contributed by atoms with van der Waals surface area (Å²) >= 11 is 4.19. The predicted molar refractivity (Wildman–Crippen MR) is 32.0 cm³/mol. The molecule has 1 aromatic heterocycles. The largest absolute Gasteiger partial charge is 0.195 e. The van der Waals surface area contributed by atoms with Crippen LogP contribution in [0, 0.1) is 5.13 Å². The first-order valence-electron chi connectivity index (χ1n) is 1.68. The summed E-state index contributed by atoms with van der Waals surface area (Å²) in [6.07, 6.45) is 0. The summed E-state index contributed by atoms with van der Waals surface area (Å²) in [6.45, 7) is 0. The molecule has 38 valence electrons. The molecule has 0 saturated carbocycles. The smallest absolute Gasteiger partial charge is 0.177 e. The van der Waals surface area contributed by atoms with Crippen molar-refractivity contribution in [3.8, 4) is 0 Å². The van der Waals surface area contributed by atoms with Gasteiger partial charge in [-0.05, 0) is 22.0 Å². The summed E-state index contributed by atoms with van der Waals surface area (Å²) in [5, 5.41) is 1.56. The van der Waals surface area contributed by atoms with Gasteiger partial charge < -0.3 is 0 Å². The maximum Gasteiger partial charge on any atom is 0.177 e. The molecule has 0 bridgehead atoms. The third-order valence-corrected chi connectivity index (χ3v) is 2.01. The summed E-state index contributed by atoms with van der Waals surface area (Å²) in [5.74, 6) is 0. The number of rotatable bonds is 0. The SMILES string of the molecule is Fc1cc(Br)cs1. The van der Waals surface area contributed by atoms with E-state index >= 15 is 0 Å². The molecule has 0 radical (unpaired) electrons. The zero-order chi connectivity index (χ0) is 5.28. The second-order valence-corrected chi connectivity index (χ2v) is 2.85. The molecule has 0 aliphatic rings. The second kappa shape index (κ2) is 1.92. The standard InChI is InChI=1S/C4H2BrFS/c5-3-1-4(6)7-2-3/h1-2H. The summed E-state index contributed by atoms with van der Waals surface area (Å²) in [7, 11) is 0. The van der Waals surface area contributed by atoms with Gasteiger partial charge in [0.1, 0.15) is 0 Å². The Morgan fingerprint density at radius 3 is 2.57 bits per heavy atom. The lowest BCUT2D eigenvalue weighted by Crippen LogP contribution is -1.47. The molecule has 0 fully saturated rings. The summed E-state index contributed by atoms with van der Waals surface area (Å²) in [6, 6.07) is 1.44. The third kappa shape index (κ3) is 1.24. The van der Waals surface area contributed by atoms with Crippen LogP contribution in [0.3, 0.4) is 0 Å². The lowest BCUT2D eigenvalue weighted by Gasteiger charge is -1.64. The van der Waals surface area contributed by atoms with E-state index < -0.39 is 0 Å². The van der Waals surface area contributed by atoms with E-state index in [0.29, 0.717) is 0 Å². The van der Waals surface area contributed by atoms with E-state index in [-0.39, 0.29) is 5.13 Å². The molecule has 1 aromatic rings. The van der Waals surface area contributed by atoms with E-state index in [4.69, 9.17) is 0 Å². The summed E-state index contributed by atoms with van der Waals surface area (Å²) in [4.78, 5) is 0. The van der Waals surface area contributed by atoms with Crippen molar-refractivity contribution in [2.75, 3.05) is 0 Å². The molecule has 0 unspecified atom stereocenters. The first-order chi connectivity index (χ1) is 3.29. The Morgan fingerprint density at radius 2 is 2.43 bits per heavy atom. The Balaban J connectivity index is 3.04. The van der Waals surface area contributed by atoms with E-state index in [0.717, 1.165) is 15.8 Å². The van der Waals surface area contributed by atoms with Crippen molar-refractivity contribution in [3.05, 3.63) is 21.1 Å². The van der Waals surface area contributed by atoms with Crippen molar-refractivity contribution < 1.29 is 4.39 Å². The molecule has 0 aliphatic heterocycles. The van der Waals surface area contributed by atoms with Gasteiger partial charge in [0, 0.05) is 9.85 Å². The molecule has 0 saturated heterocycles. The molecular formula is C4H2BrFS. The van der Waals surface area contributed by atoms with Crippen molar-refractivity contribution in [1.29, 1.82) is 0 Å². The van der Waals surface area contributed by atoms with Crippen LogP contribution in [0.4, 0.5) is 4.39 Å². The lowest BCUT2D eigenvalue weighted by molar-refractivity contribution is 0.657. The van der Waals surface area contributed by atoms with Crippen molar-refractivity contribution in [2.24, 2.45) is 0 Å². The van der Waals surface area contributed by atoms with Crippen molar-refractivity contribution in [2.45, 2.75) is 0 Å². The molecule has 1 heterocycles. The van der Waals surface area contributed by atoms with Crippen LogP contribution in [-0.4, -0.2) is 0 Å². The van der Waals surface area contributed by atoms with E-state index in [1.807, 2.05) is 0 Å². The molecule has 1 rings (SSSR count). The minimum Gasteiger partial charge on any atom is -0.195 e. The van der Waals surface area contributed by atoms with E-state index in [1.54, 1.807) is 5.38 Å². The van der Waals surface area contributed by atoms with Crippen molar-refractivity contribution in [3.63, 3.8) is 0 Å². The van der Waals surface area contributed by atoms with Gasteiger partial charge in [-0.15, -0.1) is 11.3 Å². The van der Waals surface area contributed by atoms with E-state index in [9.17, 15) is 4.39 Å². The van der Waals surface area contributed by atoms with Gasteiger partial charge in [-0.25, -0.2) is 0 Å². The second-order valence-electron chi connectivity index (χ2n) is 1.07. The van der Waals surface area contributed by atoms with Crippen LogP contribution >= 0.6 is 27.3 Å². The Bertz CT molecular complexity index is 144. The molecule has 0 N–H and O–H groups in total.